The van der Waals surface area contributed by atoms with E-state index in [1.165, 1.54) is 6.08 Å². The van der Waals surface area contributed by atoms with Crippen LogP contribution in [0.5, 0.6) is 0 Å². The van der Waals surface area contributed by atoms with Gasteiger partial charge in [-0.1, -0.05) is 73.1 Å². The molecule has 0 saturated heterocycles. The smallest absolute Gasteiger partial charge is 0.654 e. The van der Waals surface area contributed by atoms with Gasteiger partial charge in [0.2, 0.25) is 0 Å². The van der Waals surface area contributed by atoms with Gasteiger partial charge < -0.3 is 5.32 Å². The maximum atomic E-state index is 12.7. The molecule has 0 N–H and O–H groups in total. The summed E-state index contributed by atoms with van der Waals surface area (Å²) in [7, 11) is 0. The number of nitrogens with zero attached hydrogens (tertiary/aromatic N) is 1. The summed E-state index contributed by atoms with van der Waals surface area (Å²) in [6, 6.07) is 12.9. The molecule has 3 nitrogen and oxygen atoms in total. The van der Waals surface area contributed by atoms with Crippen LogP contribution in [-0.2, 0) is 12.8 Å². The zero-order valence-corrected chi connectivity index (χ0v) is 16.3. The van der Waals surface area contributed by atoms with Crippen molar-refractivity contribution in [1.82, 2.24) is 0 Å². The Balaban J connectivity index is 0.00000208. The molecule has 0 fully saturated rings. The summed E-state index contributed by atoms with van der Waals surface area (Å²) in [5, 5.41) is 4.58. The van der Waals surface area contributed by atoms with Crippen molar-refractivity contribution in [2.24, 2.45) is 0 Å². The van der Waals surface area contributed by atoms with E-state index in [9.17, 15) is 9.59 Å². The van der Waals surface area contributed by atoms with E-state index in [2.05, 4.69) is 19.2 Å². The molecule has 0 aliphatic heterocycles. The number of fused-ring (bicyclic) bond motifs is 1. The van der Waals surface area contributed by atoms with E-state index in [0.717, 1.165) is 29.7 Å². The maximum absolute atomic E-state index is 12.7. The van der Waals surface area contributed by atoms with Gasteiger partial charge >= 0.3 is 29.6 Å². The van der Waals surface area contributed by atoms with Crippen LogP contribution < -0.4 is 29.6 Å². The fourth-order valence-electron chi connectivity index (χ4n) is 2.86. The molecular formula is C20H18NNaO2. The third kappa shape index (κ3) is 3.39. The van der Waals surface area contributed by atoms with Crippen LogP contribution in [0.1, 0.15) is 45.7 Å². The van der Waals surface area contributed by atoms with Crippen molar-refractivity contribution in [2.45, 2.75) is 26.7 Å². The monoisotopic (exact) mass is 327 g/mol. The molecule has 0 heterocycles. The van der Waals surface area contributed by atoms with Crippen LogP contribution in [0, 0.1) is 0 Å². The Morgan fingerprint density at radius 2 is 1.42 bits per heavy atom. The van der Waals surface area contributed by atoms with Gasteiger partial charge in [0.15, 0.2) is 11.6 Å². The number of hydrogen-bond donors (Lipinski definition) is 0. The summed E-state index contributed by atoms with van der Waals surface area (Å²) < 4.78 is 0. The molecule has 0 aromatic heterocycles. The molecule has 0 atom stereocenters. The summed E-state index contributed by atoms with van der Waals surface area (Å²) >= 11 is 0. The number of aryl methyl sites for hydroxylation is 2. The molecule has 4 heteroatoms. The van der Waals surface area contributed by atoms with Gasteiger partial charge in [0.1, 0.15) is 0 Å². The predicted octanol–water partition coefficient (Wildman–Crippen LogP) is 1.78. The second-order valence-corrected chi connectivity index (χ2v) is 5.51. The fraction of sp³-hybridized carbons (Fsp3) is 0.200. The van der Waals surface area contributed by atoms with E-state index in [1.807, 2.05) is 18.2 Å². The van der Waals surface area contributed by atoms with E-state index in [1.54, 1.807) is 24.3 Å². The second kappa shape index (κ2) is 7.93. The number of hydrogen-bond acceptors (Lipinski definition) is 2. The van der Waals surface area contributed by atoms with Gasteiger partial charge in [-0.15, -0.1) is 5.69 Å². The van der Waals surface area contributed by atoms with Crippen molar-refractivity contribution in [3.05, 3.63) is 81.8 Å². The average molecular weight is 327 g/mol. The third-order valence-corrected chi connectivity index (χ3v) is 4.13. The molecule has 0 radical (unpaired) electrons. The van der Waals surface area contributed by atoms with Gasteiger partial charge in [0.25, 0.3) is 0 Å². The molecule has 24 heavy (non-hydrogen) atoms. The minimum Gasteiger partial charge on any atom is -0.654 e. The number of allylic oxidation sites excluding steroid dienone is 2. The number of carbonyl (C=O) groups is 2. The molecule has 0 bridgehead atoms. The first-order valence-corrected chi connectivity index (χ1v) is 7.88. The second-order valence-electron chi connectivity index (χ2n) is 5.51. The molecule has 1 aliphatic rings. The van der Waals surface area contributed by atoms with E-state index < -0.39 is 0 Å². The number of rotatable bonds is 4. The third-order valence-electron chi connectivity index (χ3n) is 4.13. The molecule has 2 aromatic carbocycles. The first-order valence-electron chi connectivity index (χ1n) is 7.88. The van der Waals surface area contributed by atoms with E-state index >= 15 is 0 Å². The van der Waals surface area contributed by atoms with Crippen molar-refractivity contribution in [3.8, 4) is 0 Å². The Morgan fingerprint density at radius 3 is 2.00 bits per heavy atom. The number of carbonyl (C=O) groups excluding carboxylic acids is 2. The van der Waals surface area contributed by atoms with Crippen LogP contribution in [-0.4, -0.2) is 11.6 Å². The molecular weight excluding hydrogens is 309 g/mol. The maximum Gasteiger partial charge on any atom is 1.00 e. The van der Waals surface area contributed by atoms with E-state index in [4.69, 9.17) is 0 Å². The fourth-order valence-corrected chi connectivity index (χ4v) is 2.86. The van der Waals surface area contributed by atoms with Crippen LogP contribution in [0.25, 0.3) is 5.32 Å². The average Bonchev–Trinajstić information content (AvgIpc) is 2.59. The Morgan fingerprint density at radius 1 is 0.833 bits per heavy atom. The topological polar surface area (TPSA) is 48.2 Å². The minimum atomic E-state index is -0.187. The summed E-state index contributed by atoms with van der Waals surface area (Å²) in [6.45, 7) is 4.12. The number of Topliss-reactive ketones (excluding diaryl/α,β-unsaturated/α-hetero) is 1. The van der Waals surface area contributed by atoms with Crippen molar-refractivity contribution in [1.29, 1.82) is 0 Å². The van der Waals surface area contributed by atoms with Gasteiger partial charge in [-0.3, -0.25) is 9.59 Å². The Bertz CT molecular complexity index is 802. The molecule has 0 saturated carbocycles. The van der Waals surface area contributed by atoms with Crippen LogP contribution in [0.15, 0.2) is 54.2 Å². The Hall–Kier alpha value is -1.68. The van der Waals surface area contributed by atoms with Gasteiger partial charge in [-0.2, -0.15) is 0 Å². The minimum absolute atomic E-state index is 0. The zero-order valence-electron chi connectivity index (χ0n) is 14.3. The van der Waals surface area contributed by atoms with Gasteiger partial charge in [-0.25, -0.2) is 0 Å². The van der Waals surface area contributed by atoms with Crippen LogP contribution >= 0.6 is 0 Å². The molecule has 1 aliphatic carbocycles. The van der Waals surface area contributed by atoms with Crippen molar-refractivity contribution in [2.75, 3.05) is 0 Å². The van der Waals surface area contributed by atoms with Gasteiger partial charge in [-0.05, 0) is 18.9 Å². The van der Waals surface area contributed by atoms with Gasteiger partial charge in [0, 0.05) is 11.1 Å². The molecule has 116 valence electrons. The quantitative estimate of drug-likeness (QED) is 0.804. The van der Waals surface area contributed by atoms with E-state index in [-0.39, 0.29) is 46.8 Å². The number of benzene rings is 2. The molecule has 0 amide bonds. The Labute approximate surface area is 164 Å². The van der Waals surface area contributed by atoms with Crippen LogP contribution in [0.2, 0.25) is 0 Å². The van der Waals surface area contributed by atoms with Crippen molar-refractivity contribution in [3.63, 3.8) is 0 Å². The zero-order chi connectivity index (χ0) is 16.4. The largest absolute Gasteiger partial charge is 1.00 e. The predicted molar refractivity (Wildman–Crippen MR) is 91.4 cm³/mol. The molecule has 2 aromatic rings. The Kier molecular flexibility index (Phi) is 6.16. The summed E-state index contributed by atoms with van der Waals surface area (Å²) in [5.41, 5.74) is 4.11. The molecule has 3 rings (SSSR count). The molecule has 0 spiro atoms. The van der Waals surface area contributed by atoms with Crippen molar-refractivity contribution < 1.29 is 39.1 Å². The first-order chi connectivity index (χ1) is 11.2. The summed E-state index contributed by atoms with van der Waals surface area (Å²) in [4.78, 5) is 24.9. The van der Waals surface area contributed by atoms with Gasteiger partial charge in [0.05, 0.1) is 0 Å². The summed E-state index contributed by atoms with van der Waals surface area (Å²) in [6.07, 6.45) is 3.02. The SMILES string of the molecule is CCc1cccc(CC)c1[N-]C1=CC(=O)c2ccccc2C1=O.[Na+]. The molecule has 0 unspecified atom stereocenters. The number of para-hydroxylation sites is 1. The summed E-state index contributed by atoms with van der Waals surface area (Å²) in [5.74, 6) is -0.348. The van der Waals surface area contributed by atoms with Crippen LogP contribution in [0.3, 0.4) is 0 Å². The van der Waals surface area contributed by atoms with Crippen LogP contribution in [0.4, 0.5) is 5.69 Å². The normalized spacial score (nSPS) is 13.0. The van der Waals surface area contributed by atoms with E-state index in [0.29, 0.717) is 11.1 Å². The van der Waals surface area contributed by atoms with Crippen molar-refractivity contribution >= 4 is 17.3 Å². The first kappa shape index (κ1) is 18.7. The standard InChI is InChI=1S/C20H19NO2.Na/c1-3-13-8-7-9-14(4-2)19(13)21-17-12-18(22)15-10-5-6-11-16(15)20(17)23;/h5-12H,3-4H2,1-2H3,(H,21,22);/q;+1/p-1. The number of ketones is 2.